The molecule has 9 nitrogen and oxygen atoms in total. The molecule has 0 aliphatic rings. The Morgan fingerprint density at radius 3 is 2.52 bits per heavy atom. The topological polar surface area (TPSA) is 111 Å². The van der Waals surface area contributed by atoms with Crippen LogP contribution < -0.4 is 14.8 Å². The molecule has 0 aromatic heterocycles. The third-order valence-electron chi connectivity index (χ3n) is 4.97. The van der Waals surface area contributed by atoms with Crippen LogP contribution in [0.5, 0.6) is 11.5 Å². The predicted molar refractivity (Wildman–Crippen MR) is 125 cm³/mol. The summed E-state index contributed by atoms with van der Waals surface area (Å²) in [5, 5.41) is 14.5. The molecule has 0 saturated heterocycles. The third-order valence-corrected chi connectivity index (χ3v) is 5.23. The van der Waals surface area contributed by atoms with Crippen LogP contribution in [0.25, 0.3) is 0 Å². The number of carbonyl (C=O) groups is 2. The zero-order valence-electron chi connectivity index (χ0n) is 18.9. The molecule has 2 amide bonds. The Kier molecular flexibility index (Phi) is 9.93. The van der Waals surface area contributed by atoms with Crippen molar-refractivity contribution in [2.45, 2.75) is 39.3 Å². The number of unbranched alkanes of at least 4 members (excludes halogenated alkanes) is 1. The van der Waals surface area contributed by atoms with E-state index in [0.29, 0.717) is 11.6 Å². The fourth-order valence-electron chi connectivity index (χ4n) is 3.03. The Morgan fingerprint density at radius 2 is 1.91 bits per heavy atom. The number of rotatable bonds is 12. The second kappa shape index (κ2) is 12.6. The van der Waals surface area contributed by atoms with Crippen molar-refractivity contribution in [3.05, 3.63) is 63.2 Å². The Bertz CT molecular complexity index is 967. The number of ether oxygens (including phenoxy) is 2. The van der Waals surface area contributed by atoms with Crippen molar-refractivity contribution in [1.82, 2.24) is 10.2 Å². The predicted octanol–water partition coefficient (Wildman–Crippen LogP) is 3.97. The molecule has 0 spiro atoms. The summed E-state index contributed by atoms with van der Waals surface area (Å²) in [6, 6.07) is 10.2. The minimum absolute atomic E-state index is 0.0200. The number of carbonyl (C=O) groups excluding carboxylic acids is 2. The Labute approximate surface area is 197 Å². The number of benzene rings is 2. The zero-order chi connectivity index (χ0) is 24.4. The fraction of sp³-hybridized carbons (Fsp3) is 0.391. The van der Waals surface area contributed by atoms with Crippen LogP contribution in [0.2, 0.25) is 5.02 Å². The highest BCUT2D eigenvalue weighted by Gasteiger charge is 2.26. The highest BCUT2D eigenvalue weighted by Crippen LogP contribution is 2.30. The van der Waals surface area contributed by atoms with Crippen LogP contribution >= 0.6 is 11.6 Å². The van der Waals surface area contributed by atoms with Gasteiger partial charge in [-0.3, -0.25) is 19.7 Å². The first-order valence-corrected chi connectivity index (χ1v) is 10.9. The summed E-state index contributed by atoms with van der Waals surface area (Å²) in [6.07, 6.45) is 1.78. The molecular formula is C23H28ClN3O6. The first-order valence-electron chi connectivity index (χ1n) is 10.5. The molecule has 0 saturated carbocycles. The molecule has 33 heavy (non-hydrogen) atoms. The Hall–Kier alpha value is -3.33. The van der Waals surface area contributed by atoms with Crippen molar-refractivity contribution >= 4 is 29.1 Å². The first kappa shape index (κ1) is 25.9. The number of nitro benzene ring substituents is 1. The highest BCUT2D eigenvalue weighted by molar-refractivity contribution is 6.30. The van der Waals surface area contributed by atoms with E-state index in [4.69, 9.17) is 21.1 Å². The van der Waals surface area contributed by atoms with E-state index in [2.05, 4.69) is 5.32 Å². The highest BCUT2D eigenvalue weighted by atomic mass is 35.5. The lowest BCUT2D eigenvalue weighted by Crippen LogP contribution is -2.49. The second-order valence-electron chi connectivity index (χ2n) is 7.35. The van der Waals surface area contributed by atoms with Gasteiger partial charge in [-0.2, -0.15) is 0 Å². The first-order chi connectivity index (χ1) is 15.8. The van der Waals surface area contributed by atoms with Gasteiger partial charge in [-0.15, -0.1) is 0 Å². The number of hydrogen-bond acceptors (Lipinski definition) is 6. The van der Waals surface area contributed by atoms with Crippen LogP contribution in [-0.4, -0.2) is 47.9 Å². The molecule has 0 aliphatic heterocycles. The molecular weight excluding hydrogens is 450 g/mol. The van der Waals surface area contributed by atoms with E-state index >= 15 is 0 Å². The van der Waals surface area contributed by atoms with Crippen LogP contribution in [0, 0.1) is 10.1 Å². The van der Waals surface area contributed by atoms with E-state index in [1.54, 1.807) is 31.2 Å². The molecule has 0 heterocycles. The molecule has 1 N–H and O–H groups in total. The minimum atomic E-state index is -0.736. The van der Waals surface area contributed by atoms with Gasteiger partial charge in [-0.05, 0) is 37.1 Å². The van der Waals surface area contributed by atoms with Crippen molar-refractivity contribution in [2.75, 3.05) is 20.3 Å². The Balaban J connectivity index is 2.15. The van der Waals surface area contributed by atoms with Crippen LogP contribution in [0.3, 0.4) is 0 Å². The van der Waals surface area contributed by atoms with Gasteiger partial charge in [0.15, 0.2) is 6.61 Å². The van der Waals surface area contributed by atoms with Crippen LogP contribution in [0.15, 0.2) is 42.5 Å². The fourth-order valence-corrected chi connectivity index (χ4v) is 3.16. The Morgan fingerprint density at radius 1 is 1.21 bits per heavy atom. The molecule has 2 aromatic rings. The lowest BCUT2D eigenvalue weighted by molar-refractivity contribution is -0.385. The van der Waals surface area contributed by atoms with Gasteiger partial charge in [-0.25, -0.2) is 0 Å². The SMILES string of the molecule is CCCCNC(=O)[C@H](C)N(Cc1ccc(Cl)cc1)C(=O)COc1ccc([N+](=O)[O-])c(OC)c1. The normalized spacial score (nSPS) is 11.4. The number of nitro groups is 1. The molecule has 2 rings (SSSR count). The summed E-state index contributed by atoms with van der Waals surface area (Å²) >= 11 is 5.95. The van der Waals surface area contributed by atoms with Gasteiger partial charge in [0.2, 0.25) is 11.7 Å². The average molecular weight is 478 g/mol. The second-order valence-corrected chi connectivity index (χ2v) is 7.78. The number of halogens is 1. The summed E-state index contributed by atoms with van der Waals surface area (Å²) in [5.74, 6) is -0.424. The summed E-state index contributed by atoms with van der Waals surface area (Å²) in [7, 11) is 1.31. The maximum absolute atomic E-state index is 13.0. The number of amides is 2. The summed E-state index contributed by atoms with van der Waals surface area (Å²) < 4.78 is 10.6. The molecule has 0 radical (unpaired) electrons. The maximum Gasteiger partial charge on any atom is 0.311 e. The van der Waals surface area contributed by atoms with Gasteiger partial charge in [0.25, 0.3) is 5.91 Å². The molecule has 0 bridgehead atoms. The largest absolute Gasteiger partial charge is 0.490 e. The summed E-state index contributed by atoms with van der Waals surface area (Å²) in [6.45, 7) is 4.04. The minimum Gasteiger partial charge on any atom is -0.490 e. The van der Waals surface area contributed by atoms with Gasteiger partial charge >= 0.3 is 5.69 Å². The van der Waals surface area contributed by atoms with E-state index in [0.717, 1.165) is 18.4 Å². The van der Waals surface area contributed by atoms with Crippen molar-refractivity contribution < 1.29 is 24.0 Å². The zero-order valence-corrected chi connectivity index (χ0v) is 19.6. The quantitative estimate of drug-likeness (QED) is 0.281. The van der Waals surface area contributed by atoms with Crippen LogP contribution in [-0.2, 0) is 16.1 Å². The van der Waals surface area contributed by atoms with Gasteiger partial charge in [0, 0.05) is 30.2 Å². The van der Waals surface area contributed by atoms with Gasteiger partial charge in [0.05, 0.1) is 12.0 Å². The molecule has 0 fully saturated rings. The number of nitrogens with one attached hydrogen (secondary N) is 1. The van der Waals surface area contributed by atoms with Crippen LogP contribution in [0.1, 0.15) is 32.3 Å². The molecule has 1 atom stereocenters. The lowest BCUT2D eigenvalue weighted by Gasteiger charge is -2.28. The average Bonchev–Trinajstić information content (AvgIpc) is 2.81. The molecule has 178 valence electrons. The van der Waals surface area contributed by atoms with E-state index in [1.165, 1.54) is 30.2 Å². The summed E-state index contributed by atoms with van der Waals surface area (Å²) in [4.78, 5) is 37.6. The lowest BCUT2D eigenvalue weighted by atomic mass is 10.1. The van der Waals surface area contributed by atoms with Crippen molar-refractivity contribution in [2.24, 2.45) is 0 Å². The van der Waals surface area contributed by atoms with E-state index in [-0.39, 0.29) is 36.2 Å². The van der Waals surface area contributed by atoms with Crippen molar-refractivity contribution in [3.8, 4) is 11.5 Å². The van der Waals surface area contributed by atoms with Gasteiger partial charge in [0.1, 0.15) is 11.8 Å². The van der Waals surface area contributed by atoms with E-state index < -0.39 is 16.9 Å². The van der Waals surface area contributed by atoms with E-state index in [9.17, 15) is 19.7 Å². The van der Waals surface area contributed by atoms with E-state index in [1.807, 2.05) is 6.92 Å². The smallest absolute Gasteiger partial charge is 0.311 e. The van der Waals surface area contributed by atoms with Gasteiger partial charge in [-0.1, -0.05) is 37.1 Å². The molecule has 2 aromatic carbocycles. The summed E-state index contributed by atoms with van der Waals surface area (Å²) in [5.41, 5.74) is 0.593. The van der Waals surface area contributed by atoms with Gasteiger partial charge < -0.3 is 19.7 Å². The third kappa shape index (κ3) is 7.64. The number of hydrogen-bond donors (Lipinski definition) is 1. The van der Waals surface area contributed by atoms with Crippen molar-refractivity contribution in [3.63, 3.8) is 0 Å². The molecule has 0 unspecified atom stereocenters. The molecule has 10 heteroatoms. The molecule has 0 aliphatic carbocycles. The monoisotopic (exact) mass is 477 g/mol. The number of methoxy groups -OCH3 is 1. The van der Waals surface area contributed by atoms with Crippen LogP contribution in [0.4, 0.5) is 5.69 Å². The van der Waals surface area contributed by atoms with Crippen molar-refractivity contribution in [1.29, 1.82) is 0 Å². The number of nitrogens with zero attached hydrogens (tertiary/aromatic N) is 2. The standard InChI is InChI=1S/C23H28ClN3O6/c1-4-5-12-25-23(29)16(2)26(14-17-6-8-18(24)9-7-17)22(28)15-33-19-10-11-20(27(30)31)21(13-19)32-3/h6-11,13,16H,4-5,12,14-15H2,1-3H3,(H,25,29)/t16-/m0/s1. The maximum atomic E-state index is 13.0.